The summed E-state index contributed by atoms with van der Waals surface area (Å²) in [5.74, 6) is 0.723. The third-order valence-corrected chi connectivity index (χ3v) is 4.39. The molecule has 0 aromatic carbocycles. The van der Waals surface area contributed by atoms with Crippen molar-refractivity contribution in [2.24, 2.45) is 0 Å². The van der Waals surface area contributed by atoms with Gasteiger partial charge in [0.1, 0.15) is 11.0 Å². The van der Waals surface area contributed by atoms with Gasteiger partial charge in [-0.1, -0.05) is 0 Å². The van der Waals surface area contributed by atoms with Crippen LogP contribution in [0.2, 0.25) is 0 Å². The molecule has 1 aliphatic heterocycles. The van der Waals surface area contributed by atoms with Gasteiger partial charge in [0.05, 0.1) is 24.9 Å². The molecule has 2 aromatic rings. The number of nitrogens with zero attached hydrogens (tertiary/aromatic N) is 4. The number of carbonyl (C=O) groups is 1. The van der Waals surface area contributed by atoms with Crippen LogP contribution in [-0.2, 0) is 0 Å². The largest absolute Gasteiger partial charge is 0.477 e. The van der Waals surface area contributed by atoms with E-state index in [-0.39, 0.29) is 12.0 Å². The molecule has 116 valence electrons. The van der Waals surface area contributed by atoms with E-state index in [1.165, 1.54) is 18.4 Å². The summed E-state index contributed by atoms with van der Waals surface area (Å²) in [6.45, 7) is 3.03. The van der Waals surface area contributed by atoms with E-state index in [9.17, 15) is 4.79 Å². The van der Waals surface area contributed by atoms with Crippen molar-refractivity contribution >= 4 is 17.2 Å². The summed E-state index contributed by atoms with van der Waals surface area (Å²) >= 11 is 1.37. The highest BCUT2D eigenvalue weighted by atomic mass is 32.1. The number of hydrogen-bond donors (Lipinski definition) is 0. The Morgan fingerprint density at radius 3 is 2.77 bits per heavy atom. The van der Waals surface area contributed by atoms with Crippen LogP contribution in [0.4, 0.5) is 0 Å². The minimum atomic E-state index is -0.109. The molecule has 0 aliphatic carbocycles. The van der Waals surface area contributed by atoms with Crippen LogP contribution in [0.1, 0.15) is 21.8 Å². The van der Waals surface area contributed by atoms with Crippen LogP contribution >= 0.6 is 11.3 Å². The molecule has 22 heavy (non-hydrogen) atoms. The fourth-order valence-electron chi connectivity index (χ4n) is 2.35. The Kier molecular flexibility index (Phi) is 4.19. The maximum absolute atomic E-state index is 12.4. The Bertz CT molecular complexity index is 676. The number of hydrogen-bond acceptors (Lipinski definition) is 7. The van der Waals surface area contributed by atoms with Crippen LogP contribution in [-0.4, -0.2) is 52.1 Å². The number of likely N-dealkylation sites (tertiary alicyclic amines) is 1. The molecule has 0 N–H and O–H groups in total. The molecule has 3 heterocycles. The van der Waals surface area contributed by atoms with Crippen molar-refractivity contribution in [1.29, 1.82) is 0 Å². The van der Waals surface area contributed by atoms with Gasteiger partial charge < -0.3 is 14.4 Å². The first-order valence-corrected chi connectivity index (χ1v) is 7.78. The number of aryl methyl sites for hydroxylation is 1. The number of rotatable bonds is 4. The molecule has 0 unspecified atom stereocenters. The molecule has 0 bridgehead atoms. The zero-order chi connectivity index (χ0) is 15.5. The van der Waals surface area contributed by atoms with E-state index >= 15 is 0 Å². The van der Waals surface area contributed by atoms with E-state index in [4.69, 9.17) is 9.47 Å². The van der Waals surface area contributed by atoms with Gasteiger partial charge in [-0.15, -0.1) is 11.3 Å². The molecule has 0 spiro atoms. The zero-order valence-corrected chi connectivity index (χ0v) is 13.2. The Balaban J connectivity index is 1.65. The number of methoxy groups -OCH3 is 1. The molecule has 7 nitrogen and oxygen atoms in total. The van der Waals surface area contributed by atoms with Gasteiger partial charge in [0, 0.05) is 25.4 Å². The van der Waals surface area contributed by atoms with Crippen molar-refractivity contribution in [2.75, 3.05) is 20.2 Å². The normalized spacial score (nSPS) is 17.5. The molecule has 0 radical (unpaired) electrons. The van der Waals surface area contributed by atoms with Crippen LogP contribution in [0.3, 0.4) is 0 Å². The van der Waals surface area contributed by atoms with E-state index in [2.05, 4.69) is 15.0 Å². The smallest absolute Gasteiger partial charge is 0.278 e. The molecule has 1 saturated heterocycles. The number of carbonyl (C=O) groups excluding carboxylic acids is 1. The Hall–Kier alpha value is -2.22. The van der Waals surface area contributed by atoms with E-state index in [1.54, 1.807) is 22.8 Å². The van der Waals surface area contributed by atoms with Gasteiger partial charge in [-0.3, -0.25) is 4.79 Å². The topological polar surface area (TPSA) is 77.4 Å². The minimum absolute atomic E-state index is 0.0113. The number of amides is 1. The van der Waals surface area contributed by atoms with E-state index in [0.29, 0.717) is 29.7 Å². The second kappa shape index (κ2) is 6.27. The first-order valence-electron chi connectivity index (χ1n) is 6.90. The van der Waals surface area contributed by atoms with Crippen LogP contribution in [0, 0.1) is 6.92 Å². The van der Waals surface area contributed by atoms with E-state index in [0.717, 1.165) is 12.1 Å². The summed E-state index contributed by atoms with van der Waals surface area (Å²) in [6.07, 6.45) is 3.74. The van der Waals surface area contributed by atoms with Crippen LogP contribution in [0.25, 0.3) is 0 Å². The van der Waals surface area contributed by atoms with Crippen LogP contribution in [0.5, 0.6) is 11.8 Å². The lowest BCUT2D eigenvalue weighted by atomic mass is 10.3. The molecule has 1 atom stereocenters. The SMILES string of the molecule is COc1nccnc1O[C@@H]1CCN(C(=O)c2scnc2C)C1. The lowest BCUT2D eigenvalue weighted by molar-refractivity contribution is 0.0774. The number of ether oxygens (including phenoxy) is 2. The zero-order valence-electron chi connectivity index (χ0n) is 12.4. The standard InChI is InChI=1S/C14H16N4O3S/c1-9-11(22-8-17-9)14(19)18-6-3-10(7-18)21-13-12(20-2)15-4-5-16-13/h4-5,8,10H,3,6-7H2,1-2H3/t10-/m1/s1. The van der Waals surface area contributed by atoms with Crippen LogP contribution < -0.4 is 9.47 Å². The highest BCUT2D eigenvalue weighted by Gasteiger charge is 2.30. The predicted molar refractivity (Wildman–Crippen MR) is 80.4 cm³/mol. The Morgan fingerprint density at radius 2 is 2.09 bits per heavy atom. The maximum Gasteiger partial charge on any atom is 0.278 e. The minimum Gasteiger partial charge on any atom is -0.477 e. The summed E-state index contributed by atoms with van der Waals surface area (Å²) < 4.78 is 10.9. The van der Waals surface area contributed by atoms with Crippen molar-refractivity contribution in [2.45, 2.75) is 19.4 Å². The summed E-state index contributed by atoms with van der Waals surface area (Å²) in [7, 11) is 1.52. The first-order chi connectivity index (χ1) is 10.7. The molecular formula is C14H16N4O3S. The van der Waals surface area contributed by atoms with Crippen molar-refractivity contribution in [3.8, 4) is 11.8 Å². The summed E-state index contributed by atoms with van der Waals surface area (Å²) in [5.41, 5.74) is 2.46. The molecule has 8 heteroatoms. The Morgan fingerprint density at radius 1 is 1.32 bits per heavy atom. The average molecular weight is 320 g/mol. The van der Waals surface area contributed by atoms with Gasteiger partial charge in [-0.25, -0.2) is 15.0 Å². The Labute approximate surface area is 131 Å². The average Bonchev–Trinajstić information content (AvgIpc) is 3.16. The molecule has 2 aromatic heterocycles. The molecular weight excluding hydrogens is 304 g/mol. The van der Waals surface area contributed by atoms with Gasteiger partial charge >= 0.3 is 0 Å². The fraction of sp³-hybridized carbons (Fsp3) is 0.429. The van der Waals surface area contributed by atoms with Gasteiger partial charge in [0.2, 0.25) is 0 Å². The van der Waals surface area contributed by atoms with Gasteiger partial charge in [-0.2, -0.15) is 0 Å². The lowest BCUT2D eigenvalue weighted by Gasteiger charge is -2.16. The summed E-state index contributed by atoms with van der Waals surface area (Å²) in [4.78, 5) is 27.2. The summed E-state index contributed by atoms with van der Waals surface area (Å²) in [5, 5.41) is 0. The van der Waals surface area contributed by atoms with Crippen molar-refractivity contribution in [3.63, 3.8) is 0 Å². The number of thiazole rings is 1. The van der Waals surface area contributed by atoms with E-state index in [1.807, 2.05) is 6.92 Å². The summed E-state index contributed by atoms with van der Waals surface area (Å²) in [6, 6.07) is 0. The second-order valence-corrected chi connectivity index (χ2v) is 5.77. The predicted octanol–water partition coefficient (Wildman–Crippen LogP) is 1.54. The molecule has 0 saturated carbocycles. The highest BCUT2D eigenvalue weighted by molar-refractivity contribution is 7.11. The molecule has 1 aliphatic rings. The van der Waals surface area contributed by atoms with Crippen LogP contribution in [0.15, 0.2) is 17.9 Å². The van der Waals surface area contributed by atoms with Gasteiger partial charge in [-0.05, 0) is 6.92 Å². The second-order valence-electron chi connectivity index (χ2n) is 4.92. The van der Waals surface area contributed by atoms with Gasteiger partial charge in [0.15, 0.2) is 0 Å². The van der Waals surface area contributed by atoms with Crippen molar-refractivity contribution in [1.82, 2.24) is 19.9 Å². The quantitative estimate of drug-likeness (QED) is 0.850. The molecule has 1 amide bonds. The van der Waals surface area contributed by atoms with E-state index < -0.39 is 0 Å². The number of aromatic nitrogens is 3. The van der Waals surface area contributed by atoms with Crippen molar-refractivity contribution < 1.29 is 14.3 Å². The lowest BCUT2D eigenvalue weighted by Crippen LogP contribution is -2.31. The molecule has 1 fully saturated rings. The fourth-order valence-corrected chi connectivity index (χ4v) is 3.12. The van der Waals surface area contributed by atoms with Crippen molar-refractivity contribution in [3.05, 3.63) is 28.5 Å². The highest BCUT2D eigenvalue weighted by Crippen LogP contribution is 2.25. The maximum atomic E-state index is 12.4. The first kappa shape index (κ1) is 14.7. The molecule has 3 rings (SSSR count). The third-order valence-electron chi connectivity index (χ3n) is 3.48. The monoisotopic (exact) mass is 320 g/mol. The van der Waals surface area contributed by atoms with Gasteiger partial charge in [0.25, 0.3) is 17.7 Å². The third kappa shape index (κ3) is 2.87.